The molecule has 9 nitrogen and oxygen atoms in total. The zero-order chi connectivity index (χ0) is 54.0. The third kappa shape index (κ3) is 18.0. The topological polar surface area (TPSA) is 152 Å². The Morgan fingerprint density at radius 3 is 0.973 bits per heavy atom. The zero-order valence-corrected chi connectivity index (χ0v) is 47.8. The normalized spacial score (nSPS) is 11.1. The van der Waals surface area contributed by atoms with Gasteiger partial charge in [0.15, 0.2) is 0 Å². The Kier molecular flexibility index (Phi) is 25.7. The van der Waals surface area contributed by atoms with Crippen LogP contribution in [0, 0.1) is 13.8 Å². The molecule has 8 rings (SSSR count). The number of nitrogens with two attached hydrogens (primary N) is 1. The van der Waals surface area contributed by atoms with Gasteiger partial charge in [-0.25, -0.2) is 21.0 Å². The van der Waals surface area contributed by atoms with E-state index in [9.17, 15) is 21.6 Å². The van der Waals surface area contributed by atoms with Crippen LogP contribution in [0.3, 0.4) is 0 Å². The number of hydrogen-bond donors (Lipinski definition) is 3. The second-order valence-corrected chi connectivity index (χ2v) is 28.8. The smallest absolute Gasteiger partial charge is 0.244 e. The van der Waals surface area contributed by atoms with Crippen molar-refractivity contribution in [3.63, 3.8) is 0 Å². The minimum absolute atomic E-state index is 0.115. The quantitative estimate of drug-likeness (QED) is 0.0450. The largest absolute Gasteiger partial charge is 0.308 e. The van der Waals surface area contributed by atoms with Crippen molar-refractivity contribution in [1.82, 2.24) is 9.44 Å². The number of carbonyl (C=O) groups excluding carboxylic acids is 1. The molecular formula is C57H60Cl3N3O6P2S3. The van der Waals surface area contributed by atoms with E-state index in [1.165, 1.54) is 15.9 Å². The lowest BCUT2D eigenvalue weighted by Crippen LogP contribution is -2.32. The van der Waals surface area contributed by atoms with E-state index in [4.69, 9.17) is 21.5 Å². The fourth-order valence-electron chi connectivity index (χ4n) is 7.16. The molecule has 0 fully saturated rings. The molecule has 0 radical (unpaired) electrons. The molecule has 0 saturated carbocycles. The molecule has 0 atom stereocenters. The predicted molar refractivity (Wildman–Crippen MR) is 321 cm³/mol. The van der Waals surface area contributed by atoms with Crippen molar-refractivity contribution >= 4 is 125 Å². The van der Waals surface area contributed by atoms with Crippen LogP contribution in [0.5, 0.6) is 0 Å². The Morgan fingerprint density at radius 2 is 0.743 bits per heavy atom. The summed E-state index contributed by atoms with van der Waals surface area (Å²) in [5.41, 5.74) is 8.26. The van der Waals surface area contributed by atoms with Crippen molar-refractivity contribution in [2.24, 2.45) is 5.73 Å². The lowest BCUT2D eigenvalue weighted by molar-refractivity contribution is -0.116. The fourth-order valence-corrected chi connectivity index (χ4v) is 16.8. The fraction of sp³-hybridized carbons (Fsp3) is 0.105. The van der Waals surface area contributed by atoms with E-state index in [0.717, 1.165) is 27.0 Å². The van der Waals surface area contributed by atoms with Gasteiger partial charge in [-0.15, -0.1) is 11.6 Å². The third-order valence-electron chi connectivity index (χ3n) is 11.0. The number of halogens is 3. The molecule has 0 heterocycles. The number of hydrogen-bond acceptors (Lipinski definition) is 6. The van der Waals surface area contributed by atoms with Gasteiger partial charge < -0.3 is 10.5 Å². The summed E-state index contributed by atoms with van der Waals surface area (Å²) in [5, 5.41) is 7.09. The van der Waals surface area contributed by atoms with Crippen LogP contribution >= 0.6 is 46.7 Å². The van der Waals surface area contributed by atoms with E-state index in [1.54, 1.807) is 43.3 Å². The molecule has 0 aliphatic rings. The Balaban J connectivity index is 0.000000237. The second-order valence-electron chi connectivity index (χ2n) is 16.0. The SMILES string of the molecule is CCC(C)=O.Cc1ccc(S(=O)(=O)NC=P(c2ccccc2)(c2ccccc2)c2ccccc2)cc1.Cc1ccc(S(=O)(=O)NCCl)cc1.NC=P(c1ccccc1)(c1ccccc1)c1ccccc1.O=S(Cl)Cl. The van der Waals surface area contributed by atoms with Gasteiger partial charge in [0.05, 0.1) is 15.8 Å². The summed E-state index contributed by atoms with van der Waals surface area (Å²) in [4.78, 5) is 10.3. The van der Waals surface area contributed by atoms with Gasteiger partial charge in [0.1, 0.15) is 5.78 Å². The molecule has 388 valence electrons. The van der Waals surface area contributed by atoms with Gasteiger partial charge in [0.2, 0.25) is 29.3 Å². The highest BCUT2D eigenvalue weighted by Crippen LogP contribution is 2.44. The molecule has 0 aromatic heterocycles. The number of aryl methyl sites for hydroxylation is 2. The number of sulfonamides is 2. The minimum Gasteiger partial charge on any atom is -0.308 e. The van der Waals surface area contributed by atoms with Crippen molar-refractivity contribution in [3.8, 4) is 0 Å². The maximum absolute atomic E-state index is 13.2. The van der Waals surface area contributed by atoms with Crippen LogP contribution in [0.25, 0.3) is 0 Å². The second kappa shape index (κ2) is 31.0. The number of Topliss-reactive ketones (excluding diaryl/α,β-unsaturated/α-hetero) is 1. The van der Waals surface area contributed by atoms with Gasteiger partial charge in [-0.1, -0.05) is 224 Å². The summed E-state index contributed by atoms with van der Waals surface area (Å²) < 4.78 is 63.1. The van der Waals surface area contributed by atoms with Crippen LogP contribution in [0.4, 0.5) is 0 Å². The van der Waals surface area contributed by atoms with Crippen LogP contribution in [-0.2, 0) is 34.1 Å². The molecule has 74 heavy (non-hydrogen) atoms. The number of rotatable bonds is 13. The highest BCUT2D eigenvalue weighted by Gasteiger charge is 2.27. The van der Waals surface area contributed by atoms with Crippen molar-refractivity contribution in [2.75, 3.05) is 6.00 Å². The molecule has 4 N–H and O–H groups in total. The van der Waals surface area contributed by atoms with Crippen molar-refractivity contribution < 1.29 is 25.8 Å². The van der Waals surface area contributed by atoms with E-state index in [2.05, 4.69) is 140 Å². The minimum atomic E-state index is -3.71. The van der Waals surface area contributed by atoms with E-state index < -0.39 is 43.0 Å². The maximum Gasteiger partial charge on any atom is 0.244 e. The molecule has 0 aliphatic heterocycles. The Morgan fingerprint density at radius 1 is 0.500 bits per heavy atom. The monoisotopic (exact) mass is 1150 g/mol. The van der Waals surface area contributed by atoms with Crippen LogP contribution in [-0.4, -0.2) is 44.7 Å². The lowest BCUT2D eigenvalue weighted by atomic mass is 10.2. The molecule has 17 heteroatoms. The maximum atomic E-state index is 13.2. The van der Waals surface area contributed by atoms with Gasteiger partial charge in [-0.2, -0.15) is 9.44 Å². The number of carbonyl (C=O) groups is 1. The standard InChI is InChI=1S/C26H24NO2PS.C19H18NP.C8H10ClNO2S.C4H8O.Cl2OS/c1-22-17-19-26(20-18-22)31(28,29)27-21-30(23-11-5-2-6-12-23,24-13-7-3-8-14-24)25-15-9-4-10-16-25;20-16-21(17-10-4-1-5-11-17,18-12-6-2-7-13-18)19-14-8-3-9-15-19;1-7-2-4-8(5-3-7)13(11,12)10-6-9;1-3-4(2)5;1-4(2)3/h2-21,27H,1H3;1-16H,20H2;2-5,10H,6H2,1H3;3H2,1-2H3;. The van der Waals surface area contributed by atoms with E-state index in [-0.39, 0.29) is 21.6 Å². The summed E-state index contributed by atoms with van der Waals surface area (Å²) in [6, 6.07) is 75.4. The summed E-state index contributed by atoms with van der Waals surface area (Å²) in [7, 11) is 0.237. The molecule has 0 unspecified atom stereocenters. The number of ketones is 1. The summed E-state index contributed by atoms with van der Waals surface area (Å²) in [5.74, 6) is 3.97. The Hall–Kier alpha value is -5.17. The summed E-state index contributed by atoms with van der Waals surface area (Å²) in [6.45, 7) is 2.99. The van der Waals surface area contributed by atoms with Crippen molar-refractivity contribution in [1.29, 1.82) is 0 Å². The first-order valence-corrected chi connectivity index (χ1v) is 33.0. The van der Waals surface area contributed by atoms with Crippen LogP contribution in [0.15, 0.2) is 240 Å². The average Bonchev–Trinajstić information content (AvgIpc) is 3.42. The van der Waals surface area contributed by atoms with Gasteiger partial charge in [0, 0.05) is 33.7 Å². The molecular weight excluding hydrogens is 1090 g/mol. The Bertz CT molecular complexity index is 3100. The highest BCUT2D eigenvalue weighted by atomic mass is 36.0. The molecule has 0 aliphatic carbocycles. The molecule has 0 amide bonds. The van der Waals surface area contributed by atoms with Crippen molar-refractivity contribution in [3.05, 3.63) is 242 Å². The molecule has 0 spiro atoms. The van der Waals surface area contributed by atoms with Gasteiger partial charge in [-0.05, 0) is 96.6 Å². The van der Waals surface area contributed by atoms with Crippen LogP contribution in [0.2, 0.25) is 0 Å². The number of nitrogens with one attached hydrogen (secondary N) is 2. The van der Waals surface area contributed by atoms with E-state index in [1.807, 2.05) is 118 Å². The predicted octanol–water partition coefficient (Wildman–Crippen LogP) is 10.2. The summed E-state index contributed by atoms with van der Waals surface area (Å²) in [6.07, 6.45) is 0.667. The summed E-state index contributed by atoms with van der Waals surface area (Å²) >= 11 is 5.28. The third-order valence-corrected chi connectivity index (χ3v) is 21.9. The first kappa shape index (κ1) is 61.4. The lowest BCUT2D eigenvalue weighted by Gasteiger charge is -2.28. The zero-order valence-electron chi connectivity index (χ0n) is 41.3. The van der Waals surface area contributed by atoms with Crippen LogP contribution < -0.4 is 47.0 Å². The van der Waals surface area contributed by atoms with Gasteiger partial charge >= 0.3 is 0 Å². The molecule has 8 aromatic rings. The molecule has 0 bridgehead atoms. The first-order chi connectivity index (χ1) is 35.5. The molecule has 8 aromatic carbocycles. The van der Waals surface area contributed by atoms with Crippen LogP contribution in [0.1, 0.15) is 31.4 Å². The van der Waals surface area contributed by atoms with E-state index >= 15 is 0 Å². The Labute approximate surface area is 454 Å². The average molecular weight is 1150 g/mol. The van der Waals surface area contributed by atoms with E-state index in [0.29, 0.717) is 6.42 Å². The van der Waals surface area contributed by atoms with Gasteiger partial charge in [0.25, 0.3) is 0 Å². The highest BCUT2D eigenvalue weighted by molar-refractivity contribution is 8.26. The first-order valence-electron chi connectivity index (χ1n) is 22.9. The number of benzene rings is 8. The number of alkyl halides is 1. The molecule has 0 saturated heterocycles. The van der Waals surface area contributed by atoms with Crippen molar-refractivity contribution in [2.45, 2.75) is 43.9 Å². The van der Waals surface area contributed by atoms with Gasteiger partial charge in [-0.3, -0.25) is 0 Å².